The Morgan fingerprint density at radius 3 is 2.11 bits per heavy atom. The first-order chi connectivity index (χ1) is 12.6. The summed E-state index contributed by atoms with van der Waals surface area (Å²) in [7, 11) is 0. The highest BCUT2D eigenvalue weighted by Crippen LogP contribution is 2.21. The Labute approximate surface area is 169 Å². The van der Waals surface area contributed by atoms with Gasteiger partial charge in [-0.3, -0.25) is 4.79 Å². The third kappa shape index (κ3) is 14.5. The van der Waals surface area contributed by atoms with Crippen LogP contribution in [0.5, 0.6) is 0 Å². The fourth-order valence-electron chi connectivity index (χ4n) is 2.61. The molecule has 0 N–H and O–H groups in total. The van der Waals surface area contributed by atoms with Crippen molar-refractivity contribution in [3.8, 4) is 0 Å². The van der Waals surface area contributed by atoms with Gasteiger partial charge in [-0.1, -0.05) is 98.8 Å². The van der Waals surface area contributed by atoms with Gasteiger partial charge in [-0.15, -0.1) is 0 Å². The van der Waals surface area contributed by atoms with Crippen molar-refractivity contribution in [1.29, 1.82) is 0 Å². The lowest BCUT2D eigenvalue weighted by Gasteiger charge is -2.18. The highest BCUT2D eigenvalue weighted by Gasteiger charge is 2.20. The minimum absolute atomic E-state index is 0.0897. The molecule has 1 rings (SSSR count). The first-order valence-corrected chi connectivity index (χ1v) is 10.9. The number of hydrogen-bond acceptors (Lipinski definition) is 1. The van der Waals surface area contributed by atoms with Crippen molar-refractivity contribution in [3.63, 3.8) is 0 Å². The average Bonchev–Trinajstić information content (AvgIpc) is 2.63. The number of hydrogen-bond donors (Lipinski definition) is 0. The lowest BCUT2D eigenvalue weighted by molar-refractivity contribution is -0.126. The van der Waals surface area contributed by atoms with Gasteiger partial charge in [0.05, 0.1) is 0 Å². The number of carbonyl (C=O) groups is 1. The largest absolute Gasteiger partial charge is 0.299 e. The van der Waals surface area contributed by atoms with Crippen LogP contribution in [0.15, 0.2) is 18.2 Å². The molecule has 1 aromatic rings. The third-order valence-corrected chi connectivity index (χ3v) is 4.58. The normalized spacial score (nSPS) is 11.6. The van der Waals surface area contributed by atoms with Crippen molar-refractivity contribution < 1.29 is 9.18 Å². The zero-order chi connectivity index (χ0) is 21.5. The van der Waals surface area contributed by atoms with Crippen molar-refractivity contribution >= 4 is 5.78 Å². The van der Waals surface area contributed by atoms with Crippen molar-refractivity contribution in [2.75, 3.05) is 0 Å². The minimum Gasteiger partial charge on any atom is -0.299 e. The van der Waals surface area contributed by atoms with Crippen molar-refractivity contribution in [3.05, 3.63) is 35.1 Å². The molecule has 0 fully saturated rings. The van der Waals surface area contributed by atoms with Crippen LogP contribution >= 0.6 is 0 Å². The van der Waals surface area contributed by atoms with Crippen molar-refractivity contribution in [2.24, 2.45) is 11.3 Å². The Kier molecular flexibility index (Phi) is 16.4. The summed E-state index contributed by atoms with van der Waals surface area (Å²) in [5, 5.41) is 0. The standard InChI is InChI=1S/C14H28O.C9H11F.C2H6/c1-6-7-8-9-12(2)10-11-13(15)14(3,4)5;1-3-8-6-7(2)4-5-9(8)10;1-2/h12H,6-11H2,1-5H3;4-6H,3H2,1-2H3;1-2H3. The number of aryl methyl sites for hydroxylation is 2. The van der Waals surface area contributed by atoms with Crippen LogP contribution in [0.25, 0.3) is 0 Å². The van der Waals surface area contributed by atoms with Gasteiger partial charge in [0.15, 0.2) is 0 Å². The van der Waals surface area contributed by atoms with Crippen LogP contribution in [0.2, 0.25) is 0 Å². The molecule has 1 aromatic carbocycles. The average molecular weight is 381 g/mol. The van der Waals surface area contributed by atoms with Gasteiger partial charge in [-0.05, 0) is 37.3 Å². The molecule has 0 saturated heterocycles. The summed E-state index contributed by atoms with van der Waals surface area (Å²) in [4.78, 5) is 11.7. The molecule has 0 heterocycles. The van der Waals surface area contributed by atoms with Crippen LogP contribution in [0.1, 0.15) is 105 Å². The molecule has 0 bridgehead atoms. The fraction of sp³-hybridized carbons (Fsp3) is 0.720. The maximum absolute atomic E-state index is 12.8. The third-order valence-electron chi connectivity index (χ3n) is 4.58. The van der Waals surface area contributed by atoms with Crippen molar-refractivity contribution in [1.82, 2.24) is 0 Å². The summed E-state index contributed by atoms with van der Waals surface area (Å²) in [6.07, 6.45) is 7.82. The van der Waals surface area contributed by atoms with E-state index >= 15 is 0 Å². The highest BCUT2D eigenvalue weighted by molar-refractivity contribution is 5.83. The Morgan fingerprint density at radius 2 is 1.67 bits per heavy atom. The summed E-state index contributed by atoms with van der Waals surface area (Å²) in [5.41, 5.74) is 1.78. The van der Waals surface area contributed by atoms with E-state index in [1.807, 2.05) is 54.5 Å². The van der Waals surface area contributed by atoms with Crippen LogP contribution in [-0.2, 0) is 11.2 Å². The number of rotatable bonds is 8. The van der Waals surface area contributed by atoms with E-state index in [1.54, 1.807) is 6.07 Å². The molecule has 27 heavy (non-hydrogen) atoms. The summed E-state index contributed by atoms with van der Waals surface area (Å²) in [6, 6.07) is 5.19. The molecule has 0 radical (unpaired) electrons. The van der Waals surface area contributed by atoms with Gasteiger partial charge in [0.25, 0.3) is 0 Å². The van der Waals surface area contributed by atoms with Crippen LogP contribution in [0, 0.1) is 24.1 Å². The van der Waals surface area contributed by atoms with Crippen molar-refractivity contribution in [2.45, 2.75) is 107 Å². The summed E-state index contributed by atoms with van der Waals surface area (Å²) < 4.78 is 12.8. The minimum atomic E-state index is -0.150. The fourth-order valence-corrected chi connectivity index (χ4v) is 2.61. The van der Waals surface area contributed by atoms with Gasteiger partial charge in [0.1, 0.15) is 11.6 Å². The molecule has 0 saturated carbocycles. The quantitative estimate of drug-likeness (QED) is 0.414. The van der Waals surface area contributed by atoms with Gasteiger partial charge in [0.2, 0.25) is 0 Å². The monoisotopic (exact) mass is 380 g/mol. The van der Waals surface area contributed by atoms with E-state index in [4.69, 9.17) is 0 Å². The van der Waals surface area contributed by atoms with Gasteiger partial charge in [-0.2, -0.15) is 0 Å². The van der Waals surface area contributed by atoms with E-state index in [1.165, 1.54) is 31.7 Å². The first-order valence-electron chi connectivity index (χ1n) is 10.9. The second kappa shape index (κ2) is 15.8. The molecule has 0 spiro atoms. The smallest absolute Gasteiger partial charge is 0.138 e. The lowest BCUT2D eigenvalue weighted by atomic mass is 9.86. The molecule has 0 aliphatic rings. The molecule has 1 nitrogen and oxygen atoms in total. The van der Waals surface area contributed by atoms with E-state index in [-0.39, 0.29) is 11.2 Å². The van der Waals surface area contributed by atoms with E-state index in [9.17, 15) is 9.18 Å². The lowest BCUT2D eigenvalue weighted by Crippen LogP contribution is -2.20. The van der Waals surface area contributed by atoms with E-state index in [0.717, 1.165) is 30.4 Å². The van der Waals surface area contributed by atoms with Gasteiger partial charge in [0, 0.05) is 11.8 Å². The summed E-state index contributed by atoms with van der Waals surface area (Å²) in [5.74, 6) is 1.03. The first kappa shape index (κ1) is 28.0. The molecule has 0 amide bonds. The van der Waals surface area contributed by atoms with Crippen LogP contribution in [0.4, 0.5) is 4.39 Å². The zero-order valence-corrected chi connectivity index (χ0v) is 19.5. The number of benzene rings is 1. The van der Waals surface area contributed by atoms with E-state index in [2.05, 4.69) is 13.8 Å². The van der Waals surface area contributed by atoms with Crippen LogP contribution in [0.3, 0.4) is 0 Å². The molecule has 158 valence electrons. The van der Waals surface area contributed by atoms with Gasteiger partial charge >= 0.3 is 0 Å². The number of halogens is 1. The molecule has 0 aromatic heterocycles. The molecule has 0 aliphatic heterocycles. The molecule has 0 aliphatic carbocycles. The van der Waals surface area contributed by atoms with Crippen LogP contribution in [-0.4, -0.2) is 5.78 Å². The molecular formula is C25H45FO. The summed E-state index contributed by atoms with van der Waals surface area (Å²) in [6.45, 7) is 18.5. The topological polar surface area (TPSA) is 17.1 Å². The SMILES string of the molecule is CC.CCCCCC(C)CCC(=O)C(C)(C)C.CCc1cc(C)ccc1F. The van der Waals surface area contributed by atoms with Crippen LogP contribution < -0.4 is 0 Å². The Morgan fingerprint density at radius 1 is 1.07 bits per heavy atom. The molecule has 2 heteroatoms. The number of unbranched alkanes of at least 4 members (excludes halogenated alkanes) is 2. The van der Waals surface area contributed by atoms with E-state index < -0.39 is 0 Å². The maximum Gasteiger partial charge on any atom is 0.138 e. The zero-order valence-electron chi connectivity index (χ0n) is 19.5. The Balaban J connectivity index is 0. The second-order valence-electron chi connectivity index (χ2n) is 8.26. The maximum atomic E-state index is 12.8. The molecular weight excluding hydrogens is 335 g/mol. The summed E-state index contributed by atoms with van der Waals surface area (Å²) >= 11 is 0. The van der Waals surface area contributed by atoms with E-state index in [0.29, 0.717) is 11.7 Å². The second-order valence-corrected chi connectivity index (χ2v) is 8.26. The predicted octanol–water partition coefficient (Wildman–Crippen LogP) is 8.32. The molecule has 1 unspecified atom stereocenters. The Bertz CT molecular complexity index is 500. The predicted molar refractivity (Wildman–Crippen MR) is 119 cm³/mol. The Hall–Kier alpha value is -1.18. The van der Waals surface area contributed by atoms with Gasteiger partial charge < -0.3 is 0 Å². The highest BCUT2D eigenvalue weighted by atomic mass is 19.1. The number of ketones is 1. The number of Topliss-reactive ketones (excluding diaryl/α,β-unsaturated/α-hetero) is 1. The van der Waals surface area contributed by atoms with Gasteiger partial charge in [-0.25, -0.2) is 4.39 Å². The number of carbonyl (C=O) groups excluding carboxylic acids is 1. The molecule has 1 atom stereocenters.